The van der Waals surface area contributed by atoms with Crippen molar-refractivity contribution in [3.8, 4) is 0 Å². The molecule has 1 aromatic heterocycles. The summed E-state index contributed by atoms with van der Waals surface area (Å²) in [5.41, 5.74) is 5.71. The Morgan fingerprint density at radius 2 is 2.00 bits per heavy atom. The monoisotopic (exact) mass is 286 g/mol. The van der Waals surface area contributed by atoms with Gasteiger partial charge in [-0.1, -0.05) is 45.0 Å². The first-order valence-electron chi connectivity index (χ1n) is 6.96. The van der Waals surface area contributed by atoms with E-state index in [1.165, 1.54) is 5.56 Å². The van der Waals surface area contributed by atoms with E-state index in [1.54, 1.807) is 10.7 Å². The van der Waals surface area contributed by atoms with Crippen LogP contribution in [0.25, 0.3) is 0 Å². The van der Waals surface area contributed by atoms with Crippen molar-refractivity contribution in [1.82, 2.24) is 15.2 Å². The third-order valence-corrected chi connectivity index (χ3v) is 3.49. The molecule has 0 saturated heterocycles. The standard InChI is InChI=1S/C16H22N4O/c1-11-7-5-6-8-12(11)10-20-13(15(21)18-17)9-14(19-20)16(2,3)4/h5-9H,10,17H2,1-4H3,(H,18,21). The highest BCUT2D eigenvalue weighted by Gasteiger charge is 2.22. The van der Waals surface area contributed by atoms with Crippen molar-refractivity contribution in [1.29, 1.82) is 0 Å². The third kappa shape index (κ3) is 3.31. The van der Waals surface area contributed by atoms with E-state index in [1.807, 2.05) is 31.2 Å². The maximum absolute atomic E-state index is 12.0. The van der Waals surface area contributed by atoms with Crippen molar-refractivity contribution < 1.29 is 4.79 Å². The van der Waals surface area contributed by atoms with Gasteiger partial charge in [0.05, 0.1) is 12.2 Å². The number of hydrogen-bond donors (Lipinski definition) is 2. The number of aromatic nitrogens is 2. The number of nitrogen functional groups attached to an aromatic ring is 1. The zero-order chi connectivity index (χ0) is 15.6. The average Bonchev–Trinajstić information content (AvgIpc) is 2.84. The van der Waals surface area contributed by atoms with E-state index in [0.29, 0.717) is 12.2 Å². The van der Waals surface area contributed by atoms with Crippen LogP contribution in [0.2, 0.25) is 0 Å². The van der Waals surface area contributed by atoms with E-state index in [-0.39, 0.29) is 11.3 Å². The highest BCUT2D eigenvalue weighted by Crippen LogP contribution is 2.22. The zero-order valence-corrected chi connectivity index (χ0v) is 13.0. The Morgan fingerprint density at radius 1 is 1.33 bits per heavy atom. The van der Waals surface area contributed by atoms with Crippen LogP contribution in [0.5, 0.6) is 0 Å². The summed E-state index contributed by atoms with van der Waals surface area (Å²) in [6.07, 6.45) is 0. The molecule has 0 spiro atoms. The molecule has 0 aliphatic rings. The maximum Gasteiger partial charge on any atom is 0.283 e. The third-order valence-electron chi connectivity index (χ3n) is 3.49. The van der Waals surface area contributed by atoms with Gasteiger partial charge in [-0.15, -0.1) is 0 Å². The van der Waals surface area contributed by atoms with Gasteiger partial charge in [0.25, 0.3) is 5.91 Å². The number of carbonyl (C=O) groups excluding carboxylic acids is 1. The molecule has 5 nitrogen and oxygen atoms in total. The summed E-state index contributed by atoms with van der Waals surface area (Å²) in [6.45, 7) is 8.80. The molecular weight excluding hydrogens is 264 g/mol. The van der Waals surface area contributed by atoms with E-state index < -0.39 is 0 Å². The topological polar surface area (TPSA) is 72.9 Å². The van der Waals surface area contributed by atoms with Gasteiger partial charge in [0.15, 0.2) is 0 Å². The van der Waals surface area contributed by atoms with Crippen LogP contribution in [0.1, 0.15) is 48.1 Å². The van der Waals surface area contributed by atoms with Crippen molar-refractivity contribution in [3.05, 3.63) is 52.8 Å². The Bertz CT molecular complexity index is 653. The molecule has 1 heterocycles. The summed E-state index contributed by atoms with van der Waals surface area (Å²) in [4.78, 5) is 12.0. The second-order valence-electron chi connectivity index (χ2n) is 6.22. The Kier molecular flexibility index (Phi) is 4.14. The molecule has 0 bridgehead atoms. The number of benzene rings is 1. The number of aryl methyl sites for hydroxylation is 1. The first-order chi connectivity index (χ1) is 9.82. The van der Waals surface area contributed by atoms with Crippen LogP contribution >= 0.6 is 0 Å². The number of hydrogen-bond acceptors (Lipinski definition) is 3. The summed E-state index contributed by atoms with van der Waals surface area (Å²) in [5.74, 6) is 4.95. The van der Waals surface area contributed by atoms with Crippen molar-refractivity contribution in [2.24, 2.45) is 5.84 Å². The molecule has 0 unspecified atom stereocenters. The van der Waals surface area contributed by atoms with E-state index in [4.69, 9.17) is 5.84 Å². The molecule has 0 radical (unpaired) electrons. The molecular formula is C16H22N4O. The Balaban J connectivity index is 2.44. The minimum Gasteiger partial charge on any atom is -0.289 e. The van der Waals surface area contributed by atoms with Crippen molar-refractivity contribution in [3.63, 3.8) is 0 Å². The molecule has 1 amide bonds. The van der Waals surface area contributed by atoms with Crippen molar-refractivity contribution in [2.75, 3.05) is 0 Å². The number of carbonyl (C=O) groups is 1. The van der Waals surface area contributed by atoms with Gasteiger partial charge in [-0.2, -0.15) is 5.10 Å². The van der Waals surface area contributed by atoms with Gasteiger partial charge in [-0.3, -0.25) is 14.9 Å². The van der Waals surface area contributed by atoms with Gasteiger partial charge in [-0.25, -0.2) is 5.84 Å². The normalized spacial score (nSPS) is 11.5. The highest BCUT2D eigenvalue weighted by atomic mass is 16.2. The number of rotatable bonds is 3. The summed E-state index contributed by atoms with van der Waals surface area (Å²) < 4.78 is 1.71. The SMILES string of the molecule is Cc1ccccc1Cn1nc(C(C)(C)C)cc1C(=O)NN. The van der Waals surface area contributed by atoms with Crippen molar-refractivity contribution >= 4 is 5.91 Å². The van der Waals surface area contributed by atoms with Gasteiger partial charge in [-0.05, 0) is 24.1 Å². The molecule has 5 heteroatoms. The maximum atomic E-state index is 12.0. The summed E-state index contributed by atoms with van der Waals surface area (Å²) in [5, 5.41) is 4.59. The fourth-order valence-corrected chi connectivity index (χ4v) is 2.11. The van der Waals surface area contributed by atoms with E-state index >= 15 is 0 Å². The highest BCUT2D eigenvalue weighted by molar-refractivity contribution is 5.92. The minimum absolute atomic E-state index is 0.124. The van der Waals surface area contributed by atoms with Gasteiger partial charge in [0, 0.05) is 5.41 Å². The van der Waals surface area contributed by atoms with E-state index in [0.717, 1.165) is 11.3 Å². The first-order valence-corrected chi connectivity index (χ1v) is 6.96. The van der Waals surface area contributed by atoms with Crippen molar-refractivity contribution in [2.45, 2.75) is 39.7 Å². The zero-order valence-electron chi connectivity index (χ0n) is 13.0. The molecule has 2 rings (SSSR count). The van der Waals surface area contributed by atoms with Crippen LogP contribution in [-0.4, -0.2) is 15.7 Å². The fraction of sp³-hybridized carbons (Fsp3) is 0.375. The molecule has 2 aromatic rings. The summed E-state index contributed by atoms with van der Waals surface area (Å²) in [7, 11) is 0. The predicted molar refractivity (Wildman–Crippen MR) is 82.9 cm³/mol. The van der Waals surface area contributed by atoms with Gasteiger partial charge < -0.3 is 0 Å². The summed E-state index contributed by atoms with van der Waals surface area (Å²) >= 11 is 0. The molecule has 0 fully saturated rings. The molecule has 112 valence electrons. The van der Waals surface area contributed by atoms with Crippen LogP contribution in [0.3, 0.4) is 0 Å². The van der Waals surface area contributed by atoms with Crippen LogP contribution in [0.4, 0.5) is 0 Å². The molecule has 3 N–H and O–H groups in total. The number of nitrogens with one attached hydrogen (secondary N) is 1. The smallest absolute Gasteiger partial charge is 0.283 e. The predicted octanol–water partition coefficient (Wildman–Crippen LogP) is 2.14. The molecule has 1 aromatic carbocycles. The summed E-state index contributed by atoms with van der Waals surface area (Å²) in [6, 6.07) is 9.87. The number of nitrogens with two attached hydrogens (primary N) is 1. The first kappa shape index (κ1) is 15.3. The second kappa shape index (κ2) is 5.69. The molecule has 0 aliphatic carbocycles. The second-order valence-corrected chi connectivity index (χ2v) is 6.22. The molecule has 0 aliphatic heterocycles. The van der Waals surface area contributed by atoms with Crippen LogP contribution in [0.15, 0.2) is 30.3 Å². The van der Waals surface area contributed by atoms with Crippen LogP contribution < -0.4 is 11.3 Å². The lowest BCUT2D eigenvalue weighted by atomic mass is 9.92. The Hall–Kier alpha value is -2.14. The Morgan fingerprint density at radius 3 is 2.57 bits per heavy atom. The van der Waals surface area contributed by atoms with Gasteiger partial charge >= 0.3 is 0 Å². The minimum atomic E-state index is -0.327. The molecule has 0 atom stereocenters. The van der Waals surface area contributed by atoms with E-state index in [9.17, 15) is 4.79 Å². The van der Waals surface area contributed by atoms with E-state index in [2.05, 4.69) is 31.3 Å². The molecule has 21 heavy (non-hydrogen) atoms. The lowest BCUT2D eigenvalue weighted by Crippen LogP contribution is -2.32. The van der Waals surface area contributed by atoms with Crippen LogP contribution in [-0.2, 0) is 12.0 Å². The Labute approximate surface area is 125 Å². The van der Waals surface area contributed by atoms with Crippen LogP contribution in [0, 0.1) is 6.92 Å². The quantitative estimate of drug-likeness (QED) is 0.516. The largest absolute Gasteiger partial charge is 0.289 e. The lowest BCUT2D eigenvalue weighted by Gasteiger charge is -2.14. The number of amides is 1. The average molecular weight is 286 g/mol. The number of hydrazine groups is 1. The molecule has 0 saturated carbocycles. The van der Waals surface area contributed by atoms with Gasteiger partial charge in [0.1, 0.15) is 5.69 Å². The number of nitrogens with zero attached hydrogens (tertiary/aromatic N) is 2. The van der Waals surface area contributed by atoms with Gasteiger partial charge in [0.2, 0.25) is 0 Å². The fourth-order valence-electron chi connectivity index (χ4n) is 2.11. The lowest BCUT2D eigenvalue weighted by molar-refractivity contribution is 0.0943.